The first-order valence-corrected chi connectivity index (χ1v) is 21.2. The van der Waals surface area contributed by atoms with Gasteiger partial charge in [-0.2, -0.15) is 0 Å². The third-order valence-electron chi connectivity index (χ3n) is 11.2. The Morgan fingerprint density at radius 1 is 0.254 bits per heavy atom. The van der Waals surface area contributed by atoms with Crippen LogP contribution in [0.4, 0.5) is 51.3 Å². The Morgan fingerprint density at radius 3 is 1.00 bits per heavy atom. The highest BCUT2D eigenvalue weighted by Crippen LogP contribution is 2.45. The van der Waals surface area contributed by atoms with Gasteiger partial charge in [0.25, 0.3) is 0 Å². The first kappa shape index (κ1) is 38.6. The number of para-hydroxylation sites is 6. The van der Waals surface area contributed by atoms with Crippen LogP contribution in [0.25, 0.3) is 33.5 Å². The molecule has 0 unspecified atom stereocenters. The van der Waals surface area contributed by atoms with E-state index in [0.29, 0.717) is 0 Å². The van der Waals surface area contributed by atoms with E-state index in [9.17, 15) is 0 Å². The van der Waals surface area contributed by atoms with Crippen LogP contribution >= 0.6 is 0 Å². The topological polar surface area (TPSA) is 35.5 Å². The van der Waals surface area contributed by atoms with Gasteiger partial charge in [0.1, 0.15) is 5.82 Å². The molecule has 2 aromatic heterocycles. The van der Waals surface area contributed by atoms with Gasteiger partial charge in [-0.1, -0.05) is 140 Å². The Morgan fingerprint density at radius 2 is 0.619 bits per heavy atom. The quantitative estimate of drug-likeness (QED) is 0.123. The summed E-state index contributed by atoms with van der Waals surface area (Å²) in [5, 5.41) is 0. The molecule has 0 aliphatic rings. The number of aromatic nitrogens is 2. The lowest BCUT2D eigenvalue weighted by Crippen LogP contribution is -2.14. The van der Waals surface area contributed by atoms with Crippen LogP contribution in [0.15, 0.2) is 261 Å². The van der Waals surface area contributed by atoms with E-state index in [1.54, 1.807) is 0 Å². The summed E-state index contributed by atoms with van der Waals surface area (Å²) in [4.78, 5) is 16.6. The molecule has 0 fully saturated rings. The van der Waals surface area contributed by atoms with Gasteiger partial charge < -0.3 is 9.80 Å². The number of pyridine rings is 2. The molecule has 0 atom stereocenters. The molecule has 5 nitrogen and oxygen atoms in total. The van der Waals surface area contributed by atoms with Crippen molar-refractivity contribution in [3.05, 3.63) is 261 Å². The summed E-state index contributed by atoms with van der Waals surface area (Å²) in [6, 6.07) is 87.1. The van der Waals surface area contributed by atoms with E-state index in [2.05, 4.69) is 250 Å². The molecule has 0 aliphatic carbocycles. The van der Waals surface area contributed by atoms with Crippen molar-refractivity contribution in [3.63, 3.8) is 0 Å². The van der Waals surface area contributed by atoms with Crippen molar-refractivity contribution in [2.75, 3.05) is 14.7 Å². The van der Waals surface area contributed by atoms with Crippen molar-refractivity contribution in [2.45, 2.75) is 0 Å². The molecule has 63 heavy (non-hydrogen) atoms. The highest BCUT2D eigenvalue weighted by Gasteiger charge is 2.22. The van der Waals surface area contributed by atoms with E-state index in [1.165, 1.54) is 0 Å². The minimum absolute atomic E-state index is 0.793. The number of rotatable bonds is 12. The summed E-state index contributed by atoms with van der Waals surface area (Å²) in [5.74, 6) is 0.793. The van der Waals surface area contributed by atoms with Gasteiger partial charge >= 0.3 is 0 Å². The van der Waals surface area contributed by atoms with Gasteiger partial charge in [-0.25, -0.2) is 4.98 Å². The Hall–Kier alpha value is -8.54. The average Bonchev–Trinajstić information content (AvgIpc) is 3.37. The van der Waals surface area contributed by atoms with Gasteiger partial charge in [-0.05, 0) is 120 Å². The fourth-order valence-corrected chi connectivity index (χ4v) is 8.19. The number of hydrogen-bond donors (Lipinski definition) is 0. The van der Waals surface area contributed by atoms with E-state index < -0.39 is 0 Å². The molecule has 0 saturated heterocycles. The molecule has 5 heteroatoms. The second kappa shape index (κ2) is 18.0. The first-order valence-electron chi connectivity index (χ1n) is 21.2. The zero-order valence-electron chi connectivity index (χ0n) is 34.6. The van der Waals surface area contributed by atoms with E-state index in [-0.39, 0.29) is 0 Å². The van der Waals surface area contributed by atoms with Crippen molar-refractivity contribution in [1.82, 2.24) is 9.97 Å². The van der Waals surface area contributed by atoms with Crippen molar-refractivity contribution in [1.29, 1.82) is 0 Å². The lowest BCUT2D eigenvalue weighted by Gasteiger charge is -2.29. The van der Waals surface area contributed by atoms with Crippen LogP contribution in [0.3, 0.4) is 0 Å². The molecule has 0 N–H and O–H groups in total. The number of benzene rings is 8. The summed E-state index contributed by atoms with van der Waals surface area (Å²) in [7, 11) is 0. The Labute approximate surface area is 369 Å². The Kier molecular flexibility index (Phi) is 11.0. The summed E-state index contributed by atoms with van der Waals surface area (Å²) in [6.07, 6.45) is 3.74. The van der Waals surface area contributed by atoms with Crippen molar-refractivity contribution >= 4 is 51.3 Å². The second-order valence-electron chi connectivity index (χ2n) is 15.1. The number of anilines is 9. The zero-order valence-corrected chi connectivity index (χ0v) is 34.6. The highest BCUT2D eigenvalue weighted by molar-refractivity contribution is 5.93. The van der Waals surface area contributed by atoms with Crippen molar-refractivity contribution < 1.29 is 0 Å². The number of hydrogen-bond acceptors (Lipinski definition) is 5. The Balaban J connectivity index is 1.07. The van der Waals surface area contributed by atoms with Crippen LogP contribution in [-0.2, 0) is 0 Å². The lowest BCUT2D eigenvalue weighted by molar-refractivity contribution is 1.18. The molecule has 10 aromatic rings. The second-order valence-corrected chi connectivity index (χ2v) is 15.1. The molecule has 8 aromatic carbocycles. The minimum Gasteiger partial charge on any atom is -0.311 e. The van der Waals surface area contributed by atoms with E-state index in [0.717, 1.165) is 84.8 Å². The molecular formula is C58H43N5. The first-order chi connectivity index (χ1) is 31.3. The molecule has 2 heterocycles. The van der Waals surface area contributed by atoms with Gasteiger partial charge in [0.05, 0.1) is 17.1 Å². The third kappa shape index (κ3) is 8.19. The maximum Gasteiger partial charge on any atom is 0.137 e. The van der Waals surface area contributed by atoms with Crippen LogP contribution in [0.2, 0.25) is 0 Å². The largest absolute Gasteiger partial charge is 0.311 e. The predicted octanol–water partition coefficient (Wildman–Crippen LogP) is 15.9. The molecule has 0 aliphatic heterocycles. The fourth-order valence-electron chi connectivity index (χ4n) is 8.19. The highest BCUT2D eigenvalue weighted by atomic mass is 15.2. The lowest BCUT2D eigenvalue weighted by atomic mass is 9.98. The van der Waals surface area contributed by atoms with Gasteiger partial charge in [-0.15, -0.1) is 0 Å². The van der Waals surface area contributed by atoms with Gasteiger partial charge in [0.15, 0.2) is 0 Å². The van der Waals surface area contributed by atoms with Crippen molar-refractivity contribution in [3.8, 4) is 33.5 Å². The summed E-state index contributed by atoms with van der Waals surface area (Å²) in [5.41, 5.74) is 14.7. The third-order valence-corrected chi connectivity index (χ3v) is 11.2. The van der Waals surface area contributed by atoms with Gasteiger partial charge in [0, 0.05) is 63.2 Å². The summed E-state index contributed by atoms with van der Waals surface area (Å²) < 4.78 is 0. The van der Waals surface area contributed by atoms with Gasteiger partial charge in [-0.3, -0.25) is 9.88 Å². The molecule has 0 radical (unpaired) electrons. The molecule has 0 spiro atoms. The molecule has 10 rings (SSSR count). The normalized spacial score (nSPS) is 10.9. The van der Waals surface area contributed by atoms with Crippen LogP contribution in [0, 0.1) is 0 Å². The van der Waals surface area contributed by atoms with Crippen LogP contribution < -0.4 is 14.7 Å². The zero-order chi connectivity index (χ0) is 42.2. The fraction of sp³-hybridized carbons (Fsp3) is 0. The standard InChI is InChI=1S/C58H43N5/c1-5-19-47(20-6-1)61(48-21-7-2-8-22-48)51-37-32-44(33-38-51)53-27-13-15-30-56(53)63(58-41-36-46(43-60-58)55-29-17-18-42-59-55)57-31-16-14-28-54(57)45-34-39-52(40-35-45)62(49-23-9-3-10-24-49)50-25-11-4-12-26-50/h1-43H. The molecule has 0 amide bonds. The monoisotopic (exact) mass is 809 g/mol. The van der Waals surface area contributed by atoms with Gasteiger partial charge in [0.2, 0.25) is 0 Å². The maximum absolute atomic E-state index is 5.16. The molecular weight excluding hydrogens is 767 g/mol. The molecule has 0 bridgehead atoms. The molecule has 300 valence electrons. The smallest absolute Gasteiger partial charge is 0.137 e. The van der Waals surface area contributed by atoms with Crippen LogP contribution in [0.5, 0.6) is 0 Å². The van der Waals surface area contributed by atoms with E-state index in [1.807, 2.05) is 30.6 Å². The number of nitrogens with zero attached hydrogens (tertiary/aromatic N) is 5. The van der Waals surface area contributed by atoms with Crippen LogP contribution in [-0.4, -0.2) is 9.97 Å². The van der Waals surface area contributed by atoms with Crippen molar-refractivity contribution in [2.24, 2.45) is 0 Å². The average molecular weight is 810 g/mol. The predicted molar refractivity (Wildman–Crippen MR) is 262 cm³/mol. The minimum atomic E-state index is 0.793. The maximum atomic E-state index is 5.16. The summed E-state index contributed by atoms with van der Waals surface area (Å²) in [6.45, 7) is 0. The molecule has 0 saturated carbocycles. The van der Waals surface area contributed by atoms with E-state index >= 15 is 0 Å². The summed E-state index contributed by atoms with van der Waals surface area (Å²) >= 11 is 0. The van der Waals surface area contributed by atoms with Crippen LogP contribution in [0.1, 0.15) is 0 Å². The Bertz CT molecular complexity index is 2770. The van der Waals surface area contributed by atoms with E-state index in [4.69, 9.17) is 4.98 Å². The SMILES string of the molecule is c1ccc(N(c2ccccc2)c2ccc(-c3ccccc3N(c3ccc(-c4ccccn4)cn3)c3ccccc3-c3ccc(N(c4ccccc4)c4ccccc4)cc3)cc2)cc1.